The van der Waals surface area contributed by atoms with Gasteiger partial charge in [0.2, 0.25) is 0 Å². The van der Waals surface area contributed by atoms with E-state index in [1.807, 2.05) is 6.92 Å². The number of carboxylic acids is 1. The van der Waals surface area contributed by atoms with Gasteiger partial charge in [0.25, 0.3) is 10.1 Å². The van der Waals surface area contributed by atoms with E-state index in [1.165, 1.54) is 12.1 Å². The highest BCUT2D eigenvalue weighted by atomic mass is 32.2. The van der Waals surface area contributed by atoms with Crippen LogP contribution in [0.25, 0.3) is 0 Å². The third-order valence-electron chi connectivity index (χ3n) is 3.64. The highest BCUT2D eigenvalue weighted by Gasteiger charge is 2.25. The van der Waals surface area contributed by atoms with Crippen molar-refractivity contribution in [1.82, 2.24) is 0 Å². The molecule has 1 aromatic carbocycles. The standard InChI is InChI=1S/C15H22O5S/c1-3-5-7-11(4-2)10-12-8-6-9-13(15(16)17)14(12)21(18,19)20/h6,8-9,11H,3-5,7,10H2,1-2H3,(H,16,17)(H,18,19,20). The molecule has 118 valence electrons. The minimum Gasteiger partial charge on any atom is -0.478 e. The number of aromatic carboxylic acids is 1. The molecule has 0 spiro atoms. The van der Waals surface area contributed by atoms with Crippen molar-refractivity contribution in [1.29, 1.82) is 0 Å². The molecule has 0 aliphatic rings. The Morgan fingerprint density at radius 3 is 2.43 bits per heavy atom. The molecule has 0 saturated heterocycles. The summed E-state index contributed by atoms with van der Waals surface area (Å²) in [6.45, 7) is 4.11. The van der Waals surface area contributed by atoms with Crippen molar-refractivity contribution in [2.45, 2.75) is 50.8 Å². The highest BCUT2D eigenvalue weighted by Crippen LogP contribution is 2.26. The van der Waals surface area contributed by atoms with E-state index in [-0.39, 0.29) is 11.5 Å². The average molecular weight is 314 g/mol. The minimum absolute atomic E-state index is 0.273. The number of hydrogen-bond acceptors (Lipinski definition) is 3. The number of unbranched alkanes of at least 4 members (excludes halogenated alkanes) is 1. The summed E-state index contributed by atoms with van der Waals surface area (Å²) in [7, 11) is -4.56. The van der Waals surface area contributed by atoms with Crippen molar-refractivity contribution in [3.63, 3.8) is 0 Å². The summed E-state index contributed by atoms with van der Waals surface area (Å²) >= 11 is 0. The molecule has 21 heavy (non-hydrogen) atoms. The van der Waals surface area contributed by atoms with Crippen molar-refractivity contribution in [3.05, 3.63) is 29.3 Å². The maximum Gasteiger partial charge on any atom is 0.337 e. The molecule has 1 aromatic rings. The lowest BCUT2D eigenvalue weighted by molar-refractivity contribution is 0.0692. The first kappa shape index (κ1) is 17.7. The Labute approximate surface area is 125 Å². The molecule has 2 N–H and O–H groups in total. The van der Waals surface area contributed by atoms with Gasteiger partial charge in [-0.2, -0.15) is 8.42 Å². The molecule has 0 radical (unpaired) electrons. The summed E-state index contributed by atoms with van der Waals surface area (Å²) in [6, 6.07) is 4.28. The first-order valence-corrected chi connectivity index (χ1v) is 8.57. The number of benzene rings is 1. The van der Waals surface area contributed by atoms with Crippen molar-refractivity contribution in [2.24, 2.45) is 5.92 Å². The summed E-state index contributed by atoms with van der Waals surface area (Å²) in [6.07, 6.45) is 4.37. The second-order valence-corrected chi connectivity index (χ2v) is 6.55. The fourth-order valence-corrected chi connectivity index (χ4v) is 3.39. The zero-order valence-corrected chi connectivity index (χ0v) is 13.2. The van der Waals surface area contributed by atoms with E-state index in [1.54, 1.807) is 6.07 Å². The first-order chi connectivity index (χ1) is 9.81. The average Bonchev–Trinajstić information content (AvgIpc) is 2.41. The zero-order chi connectivity index (χ0) is 16.0. The lowest BCUT2D eigenvalue weighted by Gasteiger charge is -2.17. The maximum atomic E-state index is 11.6. The molecule has 5 nitrogen and oxygen atoms in total. The van der Waals surface area contributed by atoms with Crippen LogP contribution in [0.3, 0.4) is 0 Å². The van der Waals surface area contributed by atoms with Gasteiger partial charge in [0.15, 0.2) is 0 Å². The van der Waals surface area contributed by atoms with Crippen molar-refractivity contribution in [3.8, 4) is 0 Å². The molecule has 0 fully saturated rings. The van der Waals surface area contributed by atoms with Crippen molar-refractivity contribution >= 4 is 16.1 Å². The van der Waals surface area contributed by atoms with Gasteiger partial charge in [0.05, 0.1) is 5.56 Å². The Bertz CT molecular complexity index is 592. The van der Waals surface area contributed by atoms with Crippen LogP contribution in [0, 0.1) is 5.92 Å². The molecule has 0 heterocycles. The number of hydrogen-bond donors (Lipinski definition) is 2. The SMILES string of the molecule is CCCCC(CC)Cc1cccc(C(=O)O)c1S(=O)(=O)O. The van der Waals surface area contributed by atoms with Crippen LogP contribution in [-0.2, 0) is 16.5 Å². The van der Waals surface area contributed by atoms with Gasteiger partial charge in [-0.05, 0) is 24.0 Å². The summed E-state index contributed by atoms with van der Waals surface area (Å²) < 4.78 is 32.5. The van der Waals surface area contributed by atoms with Crippen LogP contribution in [0.1, 0.15) is 55.5 Å². The molecular weight excluding hydrogens is 292 g/mol. The lowest BCUT2D eigenvalue weighted by atomic mass is 9.91. The monoisotopic (exact) mass is 314 g/mol. The van der Waals surface area contributed by atoms with Crippen molar-refractivity contribution in [2.75, 3.05) is 0 Å². The Hall–Kier alpha value is -1.40. The fraction of sp³-hybridized carbons (Fsp3) is 0.533. The van der Waals surface area contributed by atoms with Gasteiger partial charge in [0, 0.05) is 0 Å². The number of carbonyl (C=O) groups is 1. The van der Waals surface area contributed by atoms with Crippen LogP contribution in [-0.4, -0.2) is 24.0 Å². The fourth-order valence-electron chi connectivity index (χ4n) is 2.47. The molecule has 1 rings (SSSR count). The Kier molecular flexibility index (Phi) is 6.36. The summed E-state index contributed by atoms with van der Waals surface area (Å²) in [5.74, 6) is -1.08. The van der Waals surface area contributed by atoms with Crippen LogP contribution in [0.4, 0.5) is 0 Å². The lowest BCUT2D eigenvalue weighted by Crippen LogP contribution is -2.14. The Balaban J connectivity index is 3.23. The third kappa shape index (κ3) is 4.82. The van der Waals surface area contributed by atoms with Crippen LogP contribution in [0.5, 0.6) is 0 Å². The molecule has 0 aliphatic heterocycles. The molecule has 0 bridgehead atoms. The van der Waals surface area contributed by atoms with E-state index in [4.69, 9.17) is 5.11 Å². The summed E-state index contributed by atoms with van der Waals surface area (Å²) in [4.78, 5) is 10.7. The van der Waals surface area contributed by atoms with Gasteiger partial charge in [-0.1, -0.05) is 51.7 Å². The van der Waals surface area contributed by atoms with Crippen LogP contribution in [0.2, 0.25) is 0 Å². The van der Waals surface area contributed by atoms with E-state index in [9.17, 15) is 17.8 Å². The van der Waals surface area contributed by atoms with Crippen LogP contribution < -0.4 is 0 Å². The molecule has 0 amide bonds. The van der Waals surface area contributed by atoms with Crippen LogP contribution in [0.15, 0.2) is 23.1 Å². The third-order valence-corrected chi connectivity index (χ3v) is 4.63. The molecule has 0 saturated carbocycles. The Morgan fingerprint density at radius 1 is 1.29 bits per heavy atom. The second kappa shape index (κ2) is 7.56. The van der Waals surface area contributed by atoms with E-state index in [2.05, 4.69) is 6.92 Å². The minimum atomic E-state index is -4.56. The number of rotatable bonds is 8. The molecule has 1 unspecified atom stereocenters. The van der Waals surface area contributed by atoms with Gasteiger partial charge in [-0.3, -0.25) is 4.55 Å². The maximum absolute atomic E-state index is 11.6. The predicted molar refractivity (Wildman–Crippen MR) is 80.2 cm³/mol. The quantitative estimate of drug-likeness (QED) is 0.718. The smallest absolute Gasteiger partial charge is 0.337 e. The van der Waals surface area contributed by atoms with Crippen molar-refractivity contribution < 1.29 is 22.9 Å². The summed E-state index contributed by atoms with van der Waals surface area (Å²) in [5, 5.41) is 9.11. The van der Waals surface area contributed by atoms with E-state index in [0.717, 1.165) is 25.7 Å². The normalized spacial score (nSPS) is 13.1. The van der Waals surface area contributed by atoms with Gasteiger partial charge in [0.1, 0.15) is 4.90 Å². The molecule has 0 aromatic heterocycles. The van der Waals surface area contributed by atoms with Gasteiger partial charge >= 0.3 is 5.97 Å². The van der Waals surface area contributed by atoms with Gasteiger partial charge in [-0.25, -0.2) is 4.79 Å². The molecule has 0 aliphatic carbocycles. The number of carboxylic acid groups (broad SMARTS) is 1. The van der Waals surface area contributed by atoms with Gasteiger partial charge < -0.3 is 5.11 Å². The largest absolute Gasteiger partial charge is 0.478 e. The van der Waals surface area contributed by atoms with Gasteiger partial charge in [-0.15, -0.1) is 0 Å². The van der Waals surface area contributed by atoms with Crippen LogP contribution >= 0.6 is 0 Å². The van der Waals surface area contributed by atoms with E-state index >= 15 is 0 Å². The topological polar surface area (TPSA) is 91.7 Å². The van der Waals surface area contributed by atoms with E-state index < -0.39 is 21.0 Å². The Morgan fingerprint density at radius 2 is 1.95 bits per heavy atom. The zero-order valence-electron chi connectivity index (χ0n) is 12.4. The molecular formula is C15H22O5S. The summed E-state index contributed by atoms with van der Waals surface area (Å²) in [5.41, 5.74) is 0.000646. The highest BCUT2D eigenvalue weighted by molar-refractivity contribution is 7.86. The molecule has 1 atom stereocenters. The molecule has 6 heteroatoms. The van der Waals surface area contributed by atoms with E-state index in [0.29, 0.717) is 12.0 Å². The second-order valence-electron chi connectivity index (χ2n) is 5.19. The first-order valence-electron chi connectivity index (χ1n) is 7.13. The predicted octanol–water partition coefficient (Wildman–Crippen LogP) is 3.39.